The topological polar surface area (TPSA) is 58.6 Å². The van der Waals surface area contributed by atoms with E-state index in [0.29, 0.717) is 12.6 Å². The molecule has 0 amide bonds. The number of ether oxygens (including phenoxy) is 1. The Morgan fingerprint density at radius 1 is 1.57 bits per heavy atom. The van der Waals surface area contributed by atoms with Crippen molar-refractivity contribution in [2.75, 3.05) is 13.2 Å². The average molecular weight is 199 g/mol. The van der Waals surface area contributed by atoms with Gasteiger partial charge in [-0.3, -0.25) is 4.79 Å². The van der Waals surface area contributed by atoms with E-state index in [0.717, 1.165) is 19.4 Å². The fourth-order valence-electron chi connectivity index (χ4n) is 2.11. The number of carboxylic acid groups (broad SMARTS) is 1. The van der Waals surface area contributed by atoms with Crippen LogP contribution in [0.4, 0.5) is 0 Å². The number of hydrogen-bond donors (Lipinski definition) is 2. The molecule has 1 saturated carbocycles. The quantitative estimate of drug-likeness (QED) is 0.702. The average Bonchev–Trinajstić information content (AvgIpc) is 2.88. The van der Waals surface area contributed by atoms with E-state index in [4.69, 9.17) is 9.84 Å². The lowest BCUT2D eigenvalue weighted by atomic mass is 9.88. The molecule has 2 fully saturated rings. The molecule has 2 rings (SSSR count). The van der Waals surface area contributed by atoms with Crippen LogP contribution in [0, 0.1) is 0 Å². The first kappa shape index (κ1) is 9.93. The molecular formula is C10H17NO3. The maximum Gasteiger partial charge on any atom is 0.305 e. The van der Waals surface area contributed by atoms with Crippen LogP contribution in [0.1, 0.15) is 32.1 Å². The largest absolute Gasteiger partial charge is 0.481 e. The molecule has 1 unspecified atom stereocenters. The van der Waals surface area contributed by atoms with E-state index < -0.39 is 5.97 Å². The Labute approximate surface area is 83.6 Å². The van der Waals surface area contributed by atoms with Gasteiger partial charge in [-0.05, 0) is 25.7 Å². The third-order valence-corrected chi connectivity index (χ3v) is 2.90. The van der Waals surface area contributed by atoms with E-state index in [1.165, 1.54) is 12.8 Å². The first-order chi connectivity index (χ1) is 6.70. The molecular weight excluding hydrogens is 182 g/mol. The lowest BCUT2D eigenvalue weighted by Gasteiger charge is -2.37. The summed E-state index contributed by atoms with van der Waals surface area (Å²) >= 11 is 0. The maximum absolute atomic E-state index is 10.8. The monoisotopic (exact) mass is 199 g/mol. The van der Waals surface area contributed by atoms with E-state index in [-0.39, 0.29) is 12.0 Å². The van der Waals surface area contributed by atoms with E-state index in [9.17, 15) is 4.79 Å². The summed E-state index contributed by atoms with van der Waals surface area (Å²) in [5, 5.41) is 12.3. The van der Waals surface area contributed by atoms with Gasteiger partial charge in [-0.1, -0.05) is 0 Å². The number of aliphatic carboxylic acids is 1. The molecule has 0 aromatic carbocycles. The molecule has 2 N–H and O–H groups in total. The highest BCUT2D eigenvalue weighted by Crippen LogP contribution is 2.29. The van der Waals surface area contributed by atoms with Crippen LogP contribution in [0.5, 0.6) is 0 Å². The van der Waals surface area contributed by atoms with Crippen LogP contribution in [0.2, 0.25) is 0 Å². The minimum Gasteiger partial charge on any atom is -0.481 e. The standard InChI is InChI=1S/C10H17NO3/c12-9(13)6-10(11-8-2-3-8)4-1-5-14-7-10/h8,11H,1-7H2,(H,12,13). The van der Waals surface area contributed by atoms with Crippen molar-refractivity contribution in [1.82, 2.24) is 5.32 Å². The first-order valence-corrected chi connectivity index (χ1v) is 5.27. The summed E-state index contributed by atoms with van der Waals surface area (Å²) in [6.45, 7) is 1.32. The molecule has 1 atom stereocenters. The molecule has 0 radical (unpaired) electrons. The van der Waals surface area contributed by atoms with Gasteiger partial charge in [-0.2, -0.15) is 0 Å². The number of carboxylic acids is 1. The van der Waals surface area contributed by atoms with Gasteiger partial charge in [0.1, 0.15) is 0 Å². The Kier molecular flexibility index (Phi) is 2.74. The second-order valence-corrected chi connectivity index (χ2v) is 4.43. The van der Waals surface area contributed by atoms with Crippen molar-refractivity contribution in [3.05, 3.63) is 0 Å². The molecule has 0 bridgehead atoms. The van der Waals surface area contributed by atoms with Gasteiger partial charge >= 0.3 is 5.97 Å². The van der Waals surface area contributed by atoms with E-state index in [1.807, 2.05) is 0 Å². The van der Waals surface area contributed by atoms with Crippen molar-refractivity contribution >= 4 is 5.97 Å². The fraction of sp³-hybridized carbons (Fsp3) is 0.900. The molecule has 1 saturated heterocycles. The summed E-state index contributed by atoms with van der Waals surface area (Å²) in [7, 11) is 0. The van der Waals surface area contributed by atoms with E-state index >= 15 is 0 Å². The molecule has 1 aliphatic heterocycles. The Hall–Kier alpha value is -0.610. The van der Waals surface area contributed by atoms with Crippen molar-refractivity contribution in [1.29, 1.82) is 0 Å². The molecule has 80 valence electrons. The molecule has 4 nitrogen and oxygen atoms in total. The van der Waals surface area contributed by atoms with Crippen LogP contribution in [-0.2, 0) is 9.53 Å². The smallest absolute Gasteiger partial charge is 0.305 e. The van der Waals surface area contributed by atoms with Crippen molar-refractivity contribution in [2.45, 2.75) is 43.7 Å². The number of hydrogen-bond acceptors (Lipinski definition) is 3. The second-order valence-electron chi connectivity index (χ2n) is 4.43. The van der Waals surface area contributed by atoms with Crippen molar-refractivity contribution < 1.29 is 14.6 Å². The number of carbonyl (C=O) groups is 1. The molecule has 1 aliphatic carbocycles. The van der Waals surface area contributed by atoms with Gasteiger partial charge in [-0.15, -0.1) is 0 Å². The highest BCUT2D eigenvalue weighted by molar-refractivity contribution is 5.68. The van der Waals surface area contributed by atoms with Crippen molar-refractivity contribution in [3.63, 3.8) is 0 Å². The van der Waals surface area contributed by atoms with Gasteiger partial charge < -0.3 is 15.2 Å². The second kappa shape index (κ2) is 3.87. The summed E-state index contributed by atoms with van der Waals surface area (Å²) in [6.07, 6.45) is 4.44. The Balaban J connectivity index is 1.96. The van der Waals surface area contributed by atoms with E-state index in [2.05, 4.69) is 5.32 Å². The third kappa shape index (κ3) is 2.45. The molecule has 4 heteroatoms. The van der Waals surface area contributed by atoms with Crippen LogP contribution < -0.4 is 5.32 Å². The zero-order valence-corrected chi connectivity index (χ0v) is 8.29. The Morgan fingerprint density at radius 3 is 2.86 bits per heavy atom. The molecule has 0 aromatic rings. The molecule has 0 aromatic heterocycles. The van der Waals surface area contributed by atoms with Gasteiger partial charge in [0.2, 0.25) is 0 Å². The lowest BCUT2D eigenvalue weighted by Crippen LogP contribution is -2.53. The summed E-state index contributed by atoms with van der Waals surface area (Å²) in [4.78, 5) is 10.8. The van der Waals surface area contributed by atoms with Gasteiger partial charge in [0.05, 0.1) is 18.6 Å². The zero-order chi connectivity index (χ0) is 10.0. The lowest BCUT2D eigenvalue weighted by molar-refractivity contribution is -0.140. The van der Waals surface area contributed by atoms with Crippen molar-refractivity contribution in [3.8, 4) is 0 Å². The fourth-order valence-corrected chi connectivity index (χ4v) is 2.11. The van der Waals surface area contributed by atoms with Gasteiger partial charge in [0.25, 0.3) is 0 Å². The van der Waals surface area contributed by atoms with Gasteiger partial charge in [0, 0.05) is 12.6 Å². The van der Waals surface area contributed by atoms with Crippen LogP contribution in [0.15, 0.2) is 0 Å². The minimum absolute atomic E-state index is 0.184. The predicted molar refractivity (Wildman–Crippen MR) is 51.2 cm³/mol. The van der Waals surface area contributed by atoms with Gasteiger partial charge in [0.15, 0.2) is 0 Å². The number of rotatable bonds is 4. The molecule has 0 spiro atoms. The molecule has 1 heterocycles. The summed E-state index contributed by atoms with van der Waals surface area (Å²) in [6, 6.07) is 0.538. The third-order valence-electron chi connectivity index (χ3n) is 2.90. The Morgan fingerprint density at radius 2 is 2.36 bits per heavy atom. The maximum atomic E-state index is 10.8. The van der Waals surface area contributed by atoms with Gasteiger partial charge in [-0.25, -0.2) is 0 Å². The van der Waals surface area contributed by atoms with Crippen molar-refractivity contribution in [2.24, 2.45) is 0 Å². The minimum atomic E-state index is -0.733. The molecule has 14 heavy (non-hydrogen) atoms. The predicted octanol–water partition coefficient (Wildman–Crippen LogP) is 0.762. The zero-order valence-electron chi connectivity index (χ0n) is 8.29. The molecule has 2 aliphatic rings. The van der Waals surface area contributed by atoms with Crippen LogP contribution in [0.3, 0.4) is 0 Å². The highest BCUT2D eigenvalue weighted by atomic mass is 16.5. The SMILES string of the molecule is O=C(O)CC1(NC2CC2)CCCOC1. The summed E-state index contributed by atoms with van der Waals surface area (Å²) < 4.78 is 5.39. The highest BCUT2D eigenvalue weighted by Gasteiger charge is 2.39. The van der Waals surface area contributed by atoms with Crippen LogP contribution in [0.25, 0.3) is 0 Å². The van der Waals surface area contributed by atoms with Crippen LogP contribution >= 0.6 is 0 Å². The van der Waals surface area contributed by atoms with Crippen LogP contribution in [-0.4, -0.2) is 35.9 Å². The Bertz CT molecular complexity index is 219. The number of nitrogens with one attached hydrogen (secondary N) is 1. The first-order valence-electron chi connectivity index (χ1n) is 5.27. The summed E-state index contributed by atoms with van der Waals surface area (Å²) in [5.41, 5.74) is -0.286. The van der Waals surface area contributed by atoms with E-state index in [1.54, 1.807) is 0 Å². The summed E-state index contributed by atoms with van der Waals surface area (Å²) in [5.74, 6) is -0.733. The normalized spacial score (nSPS) is 32.9.